The van der Waals surface area contributed by atoms with Crippen molar-refractivity contribution in [3.8, 4) is 0 Å². The molecule has 2 N–H and O–H groups in total. The number of rotatable bonds is 8. The van der Waals surface area contributed by atoms with E-state index in [-0.39, 0.29) is 11.8 Å². The average Bonchev–Trinajstić information content (AvgIpc) is 3.31. The standard InChI is InChI=1S/C32H34N4O4/c1-22(37)36(20-19-35-17-7-4-8-18-35)26-14-12-25(13-15-26)33-30(23-9-5-3-6-10-23)29-27-16-11-24(32(39)40-2)21-28(27)34-31(29)38/h3,5-6,9-16,21,33H,4,7-8,17-20H2,1-2H3,(H,34,38). The summed E-state index contributed by atoms with van der Waals surface area (Å²) in [6, 6.07) is 22.4. The second-order valence-electron chi connectivity index (χ2n) is 10.1. The molecular weight excluding hydrogens is 504 g/mol. The first-order valence-electron chi connectivity index (χ1n) is 13.7. The summed E-state index contributed by atoms with van der Waals surface area (Å²) >= 11 is 0. The highest BCUT2D eigenvalue weighted by molar-refractivity contribution is 6.37. The highest BCUT2D eigenvalue weighted by Crippen LogP contribution is 2.38. The molecule has 2 amide bonds. The summed E-state index contributed by atoms with van der Waals surface area (Å²) in [6.45, 7) is 5.28. The number of ether oxygens (including phenoxy) is 1. The molecule has 2 aliphatic rings. The quantitative estimate of drug-likeness (QED) is 0.301. The van der Waals surface area contributed by atoms with Crippen molar-refractivity contribution >= 4 is 46.1 Å². The summed E-state index contributed by atoms with van der Waals surface area (Å²) in [4.78, 5) is 42.0. The molecule has 5 rings (SSSR count). The van der Waals surface area contributed by atoms with E-state index >= 15 is 0 Å². The van der Waals surface area contributed by atoms with Gasteiger partial charge in [0.1, 0.15) is 0 Å². The summed E-state index contributed by atoms with van der Waals surface area (Å²) in [5.74, 6) is -0.720. The van der Waals surface area contributed by atoms with E-state index in [4.69, 9.17) is 4.74 Å². The molecule has 8 nitrogen and oxygen atoms in total. The zero-order valence-corrected chi connectivity index (χ0v) is 22.9. The number of amides is 2. The summed E-state index contributed by atoms with van der Waals surface area (Å²) in [7, 11) is 1.33. The van der Waals surface area contributed by atoms with Gasteiger partial charge in [-0.25, -0.2) is 4.79 Å². The molecule has 3 aromatic carbocycles. The molecule has 0 spiro atoms. The third-order valence-corrected chi connectivity index (χ3v) is 7.41. The zero-order chi connectivity index (χ0) is 28.1. The molecule has 0 bridgehead atoms. The van der Waals surface area contributed by atoms with Gasteiger partial charge in [-0.3, -0.25) is 9.59 Å². The highest BCUT2D eigenvalue weighted by Gasteiger charge is 2.29. The van der Waals surface area contributed by atoms with Crippen LogP contribution in [0.4, 0.5) is 17.1 Å². The number of esters is 1. The number of fused-ring (bicyclic) bond motifs is 1. The van der Waals surface area contributed by atoms with Crippen LogP contribution in [0.3, 0.4) is 0 Å². The first kappa shape index (κ1) is 27.1. The van der Waals surface area contributed by atoms with Crippen molar-refractivity contribution in [1.29, 1.82) is 0 Å². The Labute approximate surface area is 234 Å². The number of likely N-dealkylation sites (tertiary alicyclic amines) is 1. The predicted octanol–water partition coefficient (Wildman–Crippen LogP) is 5.24. The van der Waals surface area contributed by atoms with Gasteiger partial charge in [-0.1, -0.05) is 42.8 Å². The summed E-state index contributed by atoms with van der Waals surface area (Å²) in [5, 5.41) is 6.34. The Morgan fingerprint density at radius 2 is 1.68 bits per heavy atom. The van der Waals surface area contributed by atoms with Crippen molar-refractivity contribution in [2.24, 2.45) is 0 Å². The Morgan fingerprint density at radius 1 is 0.950 bits per heavy atom. The number of methoxy groups -OCH3 is 1. The SMILES string of the molecule is COC(=O)c1ccc2c(c1)NC(=O)C2=C(Nc1ccc(N(CCN2CCCCC2)C(C)=O)cc1)c1ccccc1. The Morgan fingerprint density at radius 3 is 2.35 bits per heavy atom. The van der Waals surface area contributed by atoms with Crippen LogP contribution >= 0.6 is 0 Å². The minimum atomic E-state index is -0.466. The van der Waals surface area contributed by atoms with Gasteiger partial charge in [-0.05, 0) is 67.9 Å². The lowest BCUT2D eigenvalue weighted by Crippen LogP contribution is -2.39. The van der Waals surface area contributed by atoms with Crippen LogP contribution in [0.2, 0.25) is 0 Å². The first-order valence-corrected chi connectivity index (χ1v) is 13.7. The Hall–Kier alpha value is -4.43. The van der Waals surface area contributed by atoms with Gasteiger partial charge >= 0.3 is 5.97 Å². The lowest BCUT2D eigenvalue weighted by Gasteiger charge is -2.29. The molecule has 0 aliphatic carbocycles. The second kappa shape index (κ2) is 12.2. The fourth-order valence-electron chi connectivity index (χ4n) is 5.31. The van der Waals surface area contributed by atoms with E-state index in [0.29, 0.717) is 34.6 Å². The summed E-state index contributed by atoms with van der Waals surface area (Å²) in [6.07, 6.45) is 3.72. The summed E-state index contributed by atoms with van der Waals surface area (Å²) < 4.78 is 4.83. The molecule has 40 heavy (non-hydrogen) atoms. The van der Waals surface area contributed by atoms with Crippen molar-refractivity contribution in [3.05, 3.63) is 89.5 Å². The van der Waals surface area contributed by atoms with Crippen molar-refractivity contribution in [2.45, 2.75) is 26.2 Å². The van der Waals surface area contributed by atoms with Gasteiger partial charge in [-0.15, -0.1) is 0 Å². The summed E-state index contributed by atoms with van der Waals surface area (Å²) in [5.41, 5.74) is 5.19. The van der Waals surface area contributed by atoms with Gasteiger partial charge in [0.05, 0.1) is 29.6 Å². The number of carbonyl (C=O) groups excluding carboxylic acids is 3. The zero-order valence-electron chi connectivity index (χ0n) is 22.9. The maximum atomic E-state index is 13.2. The Bertz CT molecular complexity index is 1430. The van der Waals surface area contributed by atoms with Crippen molar-refractivity contribution in [1.82, 2.24) is 4.90 Å². The fourth-order valence-corrected chi connectivity index (χ4v) is 5.31. The molecule has 3 aromatic rings. The van der Waals surface area contributed by atoms with Crippen molar-refractivity contribution in [3.63, 3.8) is 0 Å². The molecule has 1 fully saturated rings. The molecule has 8 heteroatoms. The number of benzene rings is 3. The van der Waals surface area contributed by atoms with Crippen LogP contribution < -0.4 is 15.5 Å². The number of nitrogens with one attached hydrogen (secondary N) is 2. The van der Waals surface area contributed by atoms with Gasteiger partial charge in [-0.2, -0.15) is 0 Å². The van der Waals surface area contributed by atoms with E-state index in [1.807, 2.05) is 59.5 Å². The third-order valence-electron chi connectivity index (χ3n) is 7.41. The lowest BCUT2D eigenvalue weighted by atomic mass is 9.99. The second-order valence-corrected chi connectivity index (χ2v) is 10.1. The van der Waals surface area contributed by atoms with E-state index in [0.717, 1.165) is 36.6 Å². The van der Waals surface area contributed by atoms with Crippen LogP contribution in [0.15, 0.2) is 72.8 Å². The lowest BCUT2D eigenvalue weighted by molar-refractivity contribution is -0.116. The van der Waals surface area contributed by atoms with E-state index in [1.165, 1.54) is 26.4 Å². The molecule has 0 aromatic heterocycles. The smallest absolute Gasteiger partial charge is 0.337 e. The maximum Gasteiger partial charge on any atom is 0.337 e. The van der Waals surface area contributed by atoms with E-state index < -0.39 is 5.97 Å². The Kier molecular flexibility index (Phi) is 8.26. The molecule has 2 heterocycles. The molecule has 206 valence electrons. The first-order chi connectivity index (χ1) is 19.4. The van der Waals surface area contributed by atoms with Crippen LogP contribution in [0.5, 0.6) is 0 Å². The molecular formula is C32H34N4O4. The van der Waals surface area contributed by atoms with Crippen molar-refractivity contribution in [2.75, 3.05) is 48.8 Å². The number of nitrogens with zero attached hydrogens (tertiary/aromatic N) is 2. The molecule has 0 unspecified atom stereocenters. The number of hydrogen-bond donors (Lipinski definition) is 2. The van der Waals surface area contributed by atoms with Gasteiger partial charge in [0.25, 0.3) is 5.91 Å². The number of carbonyl (C=O) groups is 3. The molecule has 0 saturated carbocycles. The topological polar surface area (TPSA) is 91.0 Å². The molecule has 0 radical (unpaired) electrons. The van der Waals surface area contributed by atoms with Crippen LogP contribution in [0.1, 0.15) is 47.7 Å². The van der Waals surface area contributed by atoms with Crippen molar-refractivity contribution < 1.29 is 19.1 Å². The Balaban J connectivity index is 1.43. The number of piperidine rings is 1. The third kappa shape index (κ3) is 5.92. The average molecular weight is 539 g/mol. The minimum Gasteiger partial charge on any atom is -0.465 e. The van der Waals surface area contributed by atoms with Gasteiger partial charge in [0.2, 0.25) is 5.91 Å². The largest absolute Gasteiger partial charge is 0.465 e. The molecule has 0 atom stereocenters. The van der Waals surface area contributed by atoms with E-state index in [2.05, 4.69) is 15.5 Å². The van der Waals surface area contributed by atoms with Crippen LogP contribution in [-0.2, 0) is 14.3 Å². The number of anilines is 3. The minimum absolute atomic E-state index is 0.00960. The van der Waals surface area contributed by atoms with Crippen LogP contribution in [0, 0.1) is 0 Å². The van der Waals surface area contributed by atoms with E-state index in [1.54, 1.807) is 25.1 Å². The molecule has 1 saturated heterocycles. The molecule has 2 aliphatic heterocycles. The maximum absolute atomic E-state index is 13.2. The number of hydrogen-bond acceptors (Lipinski definition) is 6. The predicted molar refractivity (Wildman–Crippen MR) is 158 cm³/mol. The monoisotopic (exact) mass is 538 g/mol. The highest BCUT2D eigenvalue weighted by atomic mass is 16.5. The van der Waals surface area contributed by atoms with Crippen LogP contribution in [-0.4, -0.2) is 56.0 Å². The van der Waals surface area contributed by atoms with Gasteiger partial charge < -0.3 is 25.2 Å². The van der Waals surface area contributed by atoms with Gasteiger partial charge in [0.15, 0.2) is 0 Å². The van der Waals surface area contributed by atoms with Gasteiger partial charge in [0, 0.05) is 37.0 Å². The normalized spacial score (nSPS) is 16.1. The van der Waals surface area contributed by atoms with E-state index in [9.17, 15) is 14.4 Å². The van der Waals surface area contributed by atoms with Crippen LogP contribution in [0.25, 0.3) is 11.3 Å². The fraction of sp³-hybridized carbons (Fsp3) is 0.281.